The van der Waals surface area contributed by atoms with Crippen molar-refractivity contribution in [1.82, 2.24) is 20.1 Å². The molecular formula is C22H34N6O2. The summed E-state index contributed by atoms with van der Waals surface area (Å²) in [6, 6.07) is 5.95. The highest BCUT2D eigenvalue weighted by atomic mass is 16.5. The molecule has 0 bridgehead atoms. The van der Waals surface area contributed by atoms with Crippen LogP contribution in [0.1, 0.15) is 26.2 Å². The summed E-state index contributed by atoms with van der Waals surface area (Å²) in [7, 11) is 0. The number of rotatable bonds is 5. The normalized spacial score (nSPS) is 24.7. The van der Waals surface area contributed by atoms with Gasteiger partial charge in [-0.2, -0.15) is 0 Å². The van der Waals surface area contributed by atoms with Crippen molar-refractivity contribution in [2.45, 2.75) is 26.2 Å². The second-order valence-corrected chi connectivity index (χ2v) is 8.52. The minimum atomic E-state index is 0.192. The van der Waals surface area contributed by atoms with E-state index in [1.807, 2.05) is 29.3 Å². The Labute approximate surface area is 179 Å². The number of pyridine rings is 1. The molecule has 1 amide bonds. The number of carbonyl (C=O) groups is 1. The Hall–Kier alpha value is -2.35. The van der Waals surface area contributed by atoms with E-state index in [1.54, 1.807) is 0 Å². The van der Waals surface area contributed by atoms with E-state index in [0.29, 0.717) is 18.4 Å². The third-order valence-electron chi connectivity index (χ3n) is 6.45. The number of aromatic nitrogens is 1. The van der Waals surface area contributed by atoms with Crippen molar-refractivity contribution < 1.29 is 9.53 Å². The summed E-state index contributed by atoms with van der Waals surface area (Å²) < 4.78 is 5.64. The number of piperazine rings is 1. The lowest BCUT2D eigenvalue weighted by Gasteiger charge is -2.35. The van der Waals surface area contributed by atoms with Crippen LogP contribution in [0.15, 0.2) is 29.4 Å². The molecule has 3 aliphatic rings. The molecule has 30 heavy (non-hydrogen) atoms. The molecule has 8 heteroatoms. The van der Waals surface area contributed by atoms with Crippen LogP contribution in [0.25, 0.3) is 0 Å². The number of likely N-dealkylation sites (tertiary alicyclic amines) is 1. The Bertz CT molecular complexity index is 726. The first-order valence-electron chi connectivity index (χ1n) is 11.2. The Morgan fingerprint density at radius 1 is 1.20 bits per heavy atom. The number of ether oxygens (including phenoxy) is 1. The van der Waals surface area contributed by atoms with Crippen molar-refractivity contribution in [3.63, 3.8) is 0 Å². The number of hydrogen-bond donors (Lipinski definition) is 1. The van der Waals surface area contributed by atoms with Gasteiger partial charge in [-0.15, -0.1) is 0 Å². The van der Waals surface area contributed by atoms with E-state index >= 15 is 0 Å². The van der Waals surface area contributed by atoms with Gasteiger partial charge in [-0.05, 0) is 31.9 Å². The van der Waals surface area contributed by atoms with Gasteiger partial charge < -0.3 is 24.8 Å². The topological polar surface area (TPSA) is 73.3 Å². The van der Waals surface area contributed by atoms with Gasteiger partial charge in [0.2, 0.25) is 5.91 Å². The molecule has 0 radical (unpaired) electrons. The summed E-state index contributed by atoms with van der Waals surface area (Å²) in [5.41, 5.74) is 0.305. The molecule has 1 aromatic rings. The largest absolute Gasteiger partial charge is 0.381 e. The fraction of sp³-hybridized carbons (Fsp3) is 0.682. The fourth-order valence-corrected chi connectivity index (χ4v) is 4.65. The summed E-state index contributed by atoms with van der Waals surface area (Å²) in [4.78, 5) is 28.4. The first kappa shape index (κ1) is 20.9. The summed E-state index contributed by atoms with van der Waals surface area (Å²) in [6.07, 6.45) is 4.58. The molecule has 8 nitrogen and oxygen atoms in total. The molecule has 3 saturated heterocycles. The lowest BCUT2D eigenvalue weighted by Crippen LogP contribution is -2.49. The molecule has 164 valence electrons. The van der Waals surface area contributed by atoms with Gasteiger partial charge in [0.05, 0.1) is 13.2 Å². The van der Waals surface area contributed by atoms with Crippen molar-refractivity contribution in [2.24, 2.45) is 10.4 Å². The summed E-state index contributed by atoms with van der Waals surface area (Å²) >= 11 is 0. The minimum Gasteiger partial charge on any atom is -0.381 e. The van der Waals surface area contributed by atoms with E-state index in [-0.39, 0.29) is 5.91 Å². The number of amides is 1. The average Bonchev–Trinajstić information content (AvgIpc) is 3.43. The molecule has 1 spiro atoms. The molecule has 0 aliphatic carbocycles. The van der Waals surface area contributed by atoms with Gasteiger partial charge in [-0.1, -0.05) is 6.07 Å². The van der Waals surface area contributed by atoms with Crippen LogP contribution in [-0.4, -0.2) is 92.2 Å². The standard InChI is InChI=1S/C22H34N6O2/c1-2-23-21(28-11-7-22(17-28)8-16-30-18-22)25-10-6-20(29)27-14-12-26(13-15-27)19-5-3-4-9-24-19/h3-5,9H,2,6-8,10-18H2,1H3,(H,23,25). The molecule has 1 aromatic heterocycles. The molecule has 0 aromatic carbocycles. The summed E-state index contributed by atoms with van der Waals surface area (Å²) in [6.45, 7) is 10.4. The van der Waals surface area contributed by atoms with Gasteiger partial charge in [-0.3, -0.25) is 9.79 Å². The Balaban J connectivity index is 1.25. The van der Waals surface area contributed by atoms with E-state index in [2.05, 4.69) is 27.0 Å². The van der Waals surface area contributed by atoms with Crippen LogP contribution in [-0.2, 0) is 9.53 Å². The molecule has 4 rings (SSSR count). The first-order chi connectivity index (χ1) is 14.7. The van der Waals surface area contributed by atoms with Gasteiger partial charge in [0.25, 0.3) is 0 Å². The van der Waals surface area contributed by atoms with Crippen LogP contribution in [0.4, 0.5) is 5.82 Å². The number of aliphatic imine (C=N–C) groups is 1. The molecule has 1 atom stereocenters. The van der Waals surface area contributed by atoms with E-state index in [0.717, 1.165) is 83.6 Å². The predicted molar refractivity (Wildman–Crippen MR) is 118 cm³/mol. The molecule has 1 N–H and O–H groups in total. The summed E-state index contributed by atoms with van der Waals surface area (Å²) in [5, 5.41) is 3.40. The molecule has 3 aliphatic heterocycles. The molecule has 3 fully saturated rings. The van der Waals surface area contributed by atoms with Gasteiger partial charge >= 0.3 is 0 Å². The third kappa shape index (κ3) is 4.86. The van der Waals surface area contributed by atoms with Crippen molar-refractivity contribution in [2.75, 3.05) is 70.5 Å². The molecule has 4 heterocycles. The van der Waals surface area contributed by atoms with E-state index in [4.69, 9.17) is 9.73 Å². The Kier molecular flexibility index (Phi) is 6.72. The number of nitrogens with zero attached hydrogens (tertiary/aromatic N) is 5. The second-order valence-electron chi connectivity index (χ2n) is 8.52. The monoisotopic (exact) mass is 414 g/mol. The van der Waals surface area contributed by atoms with E-state index in [1.165, 1.54) is 0 Å². The minimum absolute atomic E-state index is 0.192. The van der Waals surface area contributed by atoms with E-state index < -0.39 is 0 Å². The highest BCUT2D eigenvalue weighted by Crippen LogP contribution is 2.38. The SMILES string of the molecule is CCNC(=NCCC(=O)N1CCN(c2ccccn2)CC1)N1CCC2(CCOC2)C1. The van der Waals surface area contributed by atoms with Crippen molar-refractivity contribution in [3.05, 3.63) is 24.4 Å². The van der Waals surface area contributed by atoms with Crippen LogP contribution in [0.5, 0.6) is 0 Å². The number of hydrogen-bond acceptors (Lipinski definition) is 5. The average molecular weight is 415 g/mol. The Morgan fingerprint density at radius 2 is 2.07 bits per heavy atom. The van der Waals surface area contributed by atoms with Crippen LogP contribution in [0.2, 0.25) is 0 Å². The van der Waals surface area contributed by atoms with E-state index in [9.17, 15) is 4.79 Å². The van der Waals surface area contributed by atoms with Gasteiger partial charge in [0.1, 0.15) is 5.82 Å². The molecule has 1 unspecified atom stereocenters. The fourth-order valence-electron chi connectivity index (χ4n) is 4.65. The zero-order valence-corrected chi connectivity index (χ0v) is 18.1. The zero-order valence-electron chi connectivity index (χ0n) is 18.1. The number of guanidine groups is 1. The van der Waals surface area contributed by atoms with Crippen LogP contribution >= 0.6 is 0 Å². The second kappa shape index (κ2) is 9.64. The molecular weight excluding hydrogens is 380 g/mol. The highest BCUT2D eigenvalue weighted by molar-refractivity contribution is 5.81. The van der Waals surface area contributed by atoms with Gasteiger partial charge in [-0.25, -0.2) is 4.98 Å². The summed E-state index contributed by atoms with van der Waals surface area (Å²) in [5.74, 6) is 2.12. The van der Waals surface area contributed by atoms with Crippen molar-refractivity contribution >= 4 is 17.7 Å². The number of anilines is 1. The van der Waals surface area contributed by atoms with Crippen molar-refractivity contribution in [1.29, 1.82) is 0 Å². The first-order valence-corrected chi connectivity index (χ1v) is 11.2. The van der Waals surface area contributed by atoms with Gasteiger partial charge in [0, 0.05) is 70.5 Å². The zero-order chi connectivity index (χ0) is 20.8. The Morgan fingerprint density at radius 3 is 2.77 bits per heavy atom. The quantitative estimate of drug-likeness (QED) is 0.577. The lowest BCUT2D eigenvalue weighted by atomic mass is 9.87. The van der Waals surface area contributed by atoms with Crippen LogP contribution in [0.3, 0.4) is 0 Å². The predicted octanol–water partition coefficient (Wildman–Crippen LogP) is 1.20. The van der Waals surface area contributed by atoms with Crippen molar-refractivity contribution in [3.8, 4) is 0 Å². The van der Waals surface area contributed by atoms with Crippen LogP contribution < -0.4 is 10.2 Å². The van der Waals surface area contributed by atoms with Gasteiger partial charge in [0.15, 0.2) is 5.96 Å². The highest BCUT2D eigenvalue weighted by Gasteiger charge is 2.42. The van der Waals surface area contributed by atoms with Crippen LogP contribution in [0, 0.1) is 5.41 Å². The third-order valence-corrected chi connectivity index (χ3v) is 6.45. The molecule has 0 saturated carbocycles. The lowest BCUT2D eigenvalue weighted by molar-refractivity contribution is -0.131. The maximum absolute atomic E-state index is 12.7. The smallest absolute Gasteiger partial charge is 0.224 e. The number of nitrogens with one attached hydrogen (secondary N) is 1. The maximum atomic E-state index is 12.7. The number of carbonyl (C=O) groups excluding carboxylic acids is 1. The maximum Gasteiger partial charge on any atom is 0.224 e.